The summed E-state index contributed by atoms with van der Waals surface area (Å²) < 4.78 is 0. The van der Waals surface area contributed by atoms with Gasteiger partial charge in [0.1, 0.15) is 0 Å². The Labute approximate surface area is 104 Å². The predicted molar refractivity (Wildman–Crippen MR) is 71.9 cm³/mol. The van der Waals surface area contributed by atoms with Gasteiger partial charge in [-0.25, -0.2) is 0 Å². The molecule has 0 bridgehead atoms. The lowest BCUT2D eigenvalue weighted by Gasteiger charge is -2.19. The van der Waals surface area contributed by atoms with Crippen LogP contribution in [0.15, 0.2) is 24.3 Å². The topological polar surface area (TPSA) is 32.3 Å². The van der Waals surface area contributed by atoms with E-state index in [0.29, 0.717) is 12.5 Å². The van der Waals surface area contributed by atoms with E-state index in [-0.39, 0.29) is 5.91 Å². The van der Waals surface area contributed by atoms with Crippen molar-refractivity contribution in [3.05, 3.63) is 29.8 Å². The van der Waals surface area contributed by atoms with Gasteiger partial charge in [-0.2, -0.15) is 0 Å². The average molecular weight is 234 g/mol. The molecule has 94 valence electrons. The number of carbonyl (C=O) groups is 1. The van der Waals surface area contributed by atoms with Gasteiger partial charge in [-0.3, -0.25) is 4.79 Å². The van der Waals surface area contributed by atoms with E-state index < -0.39 is 0 Å². The minimum Gasteiger partial charge on any atom is -0.385 e. The van der Waals surface area contributed by atoms with Gasteiger partial charge in [-0.1, -0.05) is 32.0 Å². The predicted octanol–water partition coefficient (Wildman–Crippen LogP) is 2.73. The highest BCUT2D eigenvalue weighted by Crippen LogP contribution is 2.17. The van der Waals surface area contributed by atoms with Crippen molar-refractivity contribution >= 4 is 11.6 Å². The number of para-hydroxylation sites is 1. The summed E-state index contributed by atoms with van der Waals surface area (Å²) in [6.07, 6.45) is 0. The maximum Gasteiger partial charge on any atom is 0.219 e. The van der Waals surface area contributed by atoms with E-state index in [4.69, 9.17) is 0 Å². The number of nitrogens with one attached hydrogen (secondary N) is 1. The first-order valence-electron chi connectivity index (χ1n) is 6.04. The van der Waals surface area contributed by atoms with Gasteiger partial charge < -0.3 is 10.2 Å². The third kappa shape index (κ3) is 4.47. The van der Waals surface area contributed by atoms with Crippen LogP contribution in [0, 0.1) is 5.92 Å². The van der Waals surface area contributed by atoms with Gasteiger partial charge in [0.25, 0.3) is 0 Å². The summed E-state index contributed by atoms with van der Waals surface area (Å²) in [5, 5.41) is 3.42. The summed E-state index contributed by atoms with van der Waals surface area (Å²) in [4.78, 5) is 12.9. The minimum absolute atomic E-state index is 0.0867. The molecule has 17 heavy (non-hydrogen) atoms. The highest BCUT2D eigenvalue weighted by Gasteiger charge is 2.07. The third-order valence-corrected chi connectivity index (χ3v) is 2.66. The van der Waals surface area contributed by atoms with Crippen LogP contribution in [-0.4, -0.2) is 24.4 Å². The van der Waals surface area contributed by atoms with Crippen molar-refractivity contribution in [3.63, 3.8) is 0 Å². The smallest absolute Gasteiger partial charge is 0.219 e. The highest BCUT2D eigenvalue weighted by atomic mass is 16.2. The van der Waals surface area contributed by atoms with Crippen molar-refractivity contribution in [1.82, 2.24) is 4.90 Å². The maximum atomic E-state index is 11.2. The van der Waals surface area contributed by atoms with E-state index in [1.807, 2.05) is 19.2 Å². The molecule has 0 aliphatic carbocycles. The lowest BCUT2D eigenvalue weighted by Crippen LogP contribution is -2.23. The van der Waals surface area contributed by atoms with Crippen molar-refractivity contribution in [2.45, 2.75) is 27.3 Å². The van der Waals surface area contributed by atoms with E-state index in [1.165, 1.54) is 0 Å². The van der Waals surface area contributed by atoms with Crippen LogP contribution >= 0.6 is 0 Å². The zero-order chi connectivity index (χ0) is 12.8. The Morgan fingerprint density at radius 2 is 2.00 bits per heavy atom. The number of rotatable bonds is 5. The van der Waals surface area contributed by atoms with Gasteiger partial charge in [-0.05, 0) is 17.5 Å². The normalized spacial score (nSPS) is 10.4. The molecule has 0 fully saturated rings. The van der Waals surface area contributed by atoms with Crippen LogP contribution in [0.1, 0.15) is 26.3 Å². The molecular weight excluding hydrogens is 212 g/mol. The SMILES string of the molecule is CC(=O)N(C)Cc1ccccc1NCC(C)C. The molecule has 0 aliphatic heterocycles. The van der Waals surface area contributed by atoms with Gasteiger partial charge >= 0.3 is 0 Å². The van der Waals surface area contributed by atoms with Crippen LogP contribution in [0.4, 0.5) is 5.69 Å². The molecule has 1 N–H and O–H groups in total. The average Bonchev–Trinajstić information content (AvgIpc) is 2.27. The molecule has 0 spiro atoms. The monoisotopic (exact) mass is 234 g/mol. The Morgan fingerprint density at radius 1 is 1.35 bits per heavy atom. The first-order chi connectivity index (χ1) is 8.00. The molecule has 0 unspecified atom stereocenters. The fourth-order valence-corrected chi connectivity index (χ4v) is 1.51. The summed E-state index contributed by atoms with van der Waals surface area (Å²) in [5.74, 6) is 0.692. The van der Waals surface area contributed by atoms with Gasteiger partial charge in [0.2, 0.25) is 5.91 Å². The molecule has 3 nitrogen and oxygen atoms in total. The number of carbonyl (C=O) groups excluding carboxylic acids is 1. The Kier molecular flexibility index (Phi) is 5.01. The molecule has 3 heteroatoms. The summed E-state index contributed by atoms with van der Waals surface area (Å²) in [7, 11) is 1.82. The molecule has 1 rings (SSSR count). The molecule has 0 radical (unpaired) electrons. The van der Waals surface area contributed by atoms with Crippen LogP contribution in [-0.2, 0) is 11.3 Å². The van der Waals surface area contributed by atoms with Crippen LogP contribution in [0.2, 0.25) is 0 Å². The zero-order valence-electron chi connectivity index (χ0n) is 11.2. The Morgan fingerprint density at radius 3 is 2.59 bits per heavy atom. The molecule has 0 heterocycles. The molecule has 0 saturated heterocycles. The van der Waals surface area contributed by atoms with E-state index >= 15 is 0 Å². The van der Waals surface area contributed by atoms with Gasteiger partial charge in [-0.15, -0.1) is 0 Å². The lowest BCUT2D eigenvalue weighted by atomic mass is 10.1. The molecule has 0 atom stereocenters. The maximum absolute atomic E-state index is 11.2. The van der Waals surface area contributed by atoms with Crippen LogP contribution in [0.3, 0.4) is 0 Å². The molecule has 0 aliphatic rings. The fraction of sp³-hybridized carbons (Fsp3) is 0.500. The number of anilines is 1. The Hall–Kier alpha value is -1.51. The van der Waals surface area contributed by atoms with E-state index in [1.54, 1.807) is 11.8 Å². The van der Waals surface area contributed by atoms with E-state index in [9.17, 15) is 4.79 Å². The zero-order valence-corrected chi connectivity index (χ0v) is 11.2. The van der Waals surface area contributed by atoms with E-state index in [0.717, 1.165) is 17.8 Å². The highest BCUT2D eigenvalue weighted by molar-refractivity contribution is 5.73. The first kappa shape index (κ1) is 13.6. The summed E-state index contributed by atoms with van der Waals surface area (Å²) >= 11 is 0. The first-order valence-corrected chi connectivity index (χ1v) is 6.04. The molecular formula is C14H22N2O. The Balaban J connectivity index is 2.73. The second-order valence-electron chi connectivity index (χ2n) is 4.81. The molecule has 1 aromatic carbocycles. The molecule has 0 aromatic heterocycles. The molecule has 1 aromatic rings. The lowest BCUT2D eigenvalue weighted by molar-refractivity contribution is -0.128. The quantitative estimate of drug-likeness (QED) is 0.849. The Bertz CT molecular complexity index is 374. The molecule has 1 amide bonds. The third-order valence-electron chi connectivity index (χ3n) is 2.66. The minimum atomic E-state index is 0.0867. The number of hydrogen-bond donors (Lipinski definition) is 1. The number of benzene rings is 1. The van der Waals surface area contributed by atoms with Crippen molar-refractivity contribution < 1.29 is 4.79 Å². The van der Waals surface area contributed by atoms with Crippen molar-refractivity contribution in [2.24, 2.45) is 5.92 Å². The second kappa shape index (κ2) is 6.28. The van der Waals surface area contributed by atoms with Crippen molar-refractivity contribution in [1.29, 1.82) is 0 Å². The molecule has 0 saturated carbocycles. The van der Waals surface area contributed by atoms with Crippen molar-refractivity contribution in [3.8, 4) is 0 Å². The largest absolute Gasteiger partial charge is 0.385 e. The van der Waals surface area contributed by atoms with E-state index in [2.05, 4.69) is 31.3 Å². The number of amides is 1. The van der Waals surface area contributed by atoms with Crippen LogP contribution < -0.4 is 5.32 Å². The van der Waals surface area contributed by atoms with Crippen molar-refractivity contribution in [2.75, 3.05) is 18.9 Å². The van der Waals surface area contributed by atoms with Crippen LogP contribution in [0.25, 0.3) is 0 Å². The van der Waals surface area contributed by atoms with Crippen LogP contribution in [0.5, 0.6) is 0 Å². The summed E-state index contributed by atoms with van der Waals surface area (Å²) in [6.45, 7) is 7.54. The van der Waals surface area contributed by atoms with Gasteiger partial charge in [0.05, 0.1) is 0 Å². The fourth-order valence-electron chi connectivity index (χ4n) is 1.51. The number of hydrogen-bond acceptors (Lipinski definition) is 2. The summed E-state index contributed by atoms with van der Waals surface area (Å²) in [5.41, 5.74) is 2.28. The second-order valence-corrected chi connectivity index (χ2v) is 4.81. The number of nitrogens with zero attached hydrogens (tertiary/aromatic N) is 1. The van der Waals surface area contributed by atoms with Gasteiger partial charge in [0.15, 0.2) is 0 Å². The standard InChI is InChI=1S/C14H22N2O/c1-11(2)9-15-14-8-6-5-7-13(14)10-16(4)12(3)17/h5-8,11,15H,9-10H2,1-4H3. The van der Waals surface area contributed by atoms with Gasteiger partial charge in [0, 0.05) is 32.7 Å². The summed E-state index contributed by atoms with van der Waals surface area (Å²) in [6, 6.07) is 8.14.